The lowest BCUT2D eigenvalue weighted by Gasteiger charge is -2.31. The van der Waals surface area contributed by atoms with E-state index in [1.807, 2.05) is 19.1 Å². The van der Waals surface area contributed by atoms with Gasteiger partial charge in [-0.3, -0.25) is 9.10 Å². The second-order valence-electron chi connectivity index (χ2n) is 8.78. The Morgan fingerprint density at radius 3 is 2.03 bits per heavy atom. The first-order chi connectivity index (χ1) is 14.4. The molecule has 0 radical (unpaired) electrons. The van der Waals surface area contributed by atoms with E-state index in [-0.39, 0.29) is 17.4 Å². The number of amides is 1. The molecule has 7 heteroatoms. The molecule has 0 fully saturated rings. The summed E-state index contributed by atoms with van der Waals surface area (Å²) in [6, 6.07) is 13.7. The molecule has 2 unspecified atom stereocenters. The minimum absolute atomic E-state index is 0.0483. The minimum Gasteiger partial charge on any atom is -0.497 e. The number of anilines is 1. The number of carbonyl (C=O) groups is 1. The zero-order chi connectivity index (χ0) is 23.4. The first-order valence-electron chi connectivity index (χ1n) is 10.4. The van der Waals surface area contributed by atoms with Gasteiger partial charge in [-0.25, -0.2) is 8.42 Å². The fourth-order valence-electron chi connectivity index (χ4n) is 3.45. The summed E-state index contributed by atoms with van der Waals surface area (Å²) in [7, 11) is -2.14. The lowest BCUT2D eigenvalue weighted by Crippen LogP contribution is -2.49. The molecule has 0 aromatic heterocycles. The van der Waals surface area contributed by atoms with E-state index in [2.05, 4.69) is 38.2 Å². The molecule has 1 amide bonds. The topological polar surface area (TPSA) is 75.7 Å². The van der Waals surface area contributed by atoms with E-state index in [9.17, 15) is 13.2 Å². The maximum absolute atomic E-state index is 13.1. The third-order valence-corrected chi connectivity index (χ3v) is 6.47. The van der Waals surface area contributed by atoms with E-state index >= 15 is 0 Å². The Hall–Kier alpha value is -2.54. The summed E-state index contributed by atoms with van der Waals surface area (Å²) in [6.45, 7) is 10.2. The van der Waals surface area contributed by atoms with E-state index in [0.717, 1.165) is 11.8 Å². The summed E-state index contributed by atoms with van der Waals surface area (Å²) < 4.78 is 31.5. The summed E-state index contributed by atoms with van der Waals surface area (Å²) in [4.78, 5) is 13.1. The molecule has 0 aliphatic heterocycles. The van der Waals surface area contributed by atoms with Crippen LogP contribution >= 0.6 is 0 Å². The highest BCUT2D eigenvalue weighted by molar-refractivity contribution is 7.92. The SMILES string of the molecule is CCC(C(=O)NC(C)c1ccc(C(C)(C)C)cc1)N(c1ccc(OC)cc1)S(C)(=O)=O. The van der Waals surface area contributed by atoms with Crippen LogP contribution in [0.4, 0.5) is 5.69 Å². The number of rotatable bonds is 8. The Balaban J connectivity index is 2.26. The van der Waals surface area contributed by atoms with E-state index < -0.39 is 16.1 Å². The molecule has 1 N–H and O–H groups in total. The maximum atomic E-state index is 13.1. The van der Waals surface area contributed by atoms with Crippen molar-refractivity contribution in [2.24, 2.45) is 0 Å². The van der Waals surface area contributed by atoms with Crippen LogP contribution in [0.1, 0.15) is 58.2 Å². The highest BCUT2D eigenvalue weighted by Crippen LogP contribution is 2.27. The van der Waals surface area contributed by atoms with Crippen molar-refractivity contribution in [2.75, 3.05) is 17.7 Å². The third kappa shape index (κ3) is 6.23. The molecule has 6 nitrogen and oxygen atoms in total. The molecule has 0 bridgehead atoms. The van der Waals surface area contributed by atoms with E-state index in [1.54, 1.807) is 38.3 Å². The number of methoxy groups -OCH3 is 1. The van der Waals surface area contributed by atoms with Crippen LogP contribution in [0.3, 0.4) is 0 Å². The lowest BCUT2D eigenvalue weighted by atomic mass is 9.86. The lowest BCUT2D eigenvalue weighted by molar-refractivity contribution is -0.122. The van der Waals surface area contributed by atoms with Crippen molar-refractivity contribution in [2.45, 2.75) is 58.5 Å². The van der Waals surface area contributed by atoms with Crippen molar-refractivity contribution < 1.29 is 17.9 Å². The predicted octanol–water partition coefficient (Wildman–Crippen LogP) is 4.41. The van der Waals surface area contributed by atoms with Gasteiger partial charge in [0, 0.05) is 0 Å². The Morgan fingerprint density at radius 2 is 1.61 bits per heavy atom. The maximum Gasteiger partial charge on any atom is 0.244 e. The van der Waals surface area contributed by atoms with Crippen molar-refractivity contribution in [3.8, 4) is 5.75 Å². The number of nitrogens with one attached hydrogen (secondary N) is 1. The molecule has 0 heterocycles. The quantitative estimate of drug-likeness (QED) is 0.651. The normalized spacial score (nSPS) is 13.9. The molecule has 0 aliphatic carbocycles. The van der Waals surface area contributed by atoms with Gasteiger partial charge in [0.05, 0.1) is 25.1 Å². The zero-order valence-corrected chi connectivity index (χ0v) is 20.3. The Bertz CT molecular complexity index is 978. The van der Waals surface area contributed by atoms with Crippen molar-refractivity contribution in [3.63, 3.8) is 0 Å². The van der Waals surface area contributed by atoms with Crippen molar-refractivity contribution in [1.29, 1.82) is 0 Å². The molecule has 0 spiro atoms. The van der Waals surface area contributed by atoms with Crippen LogP contribution in [0.2, 0.25) is 0 Å². The van der Waals surface area contributed by atoms with Crippen molar-refractivity contribution in [1.82, 2.24) is 5.32 Å². The molecule has 2 aromatic carbocycles. The molecule has 2 atom stereocenters. The van der Waals surface area contributed by atoms with Gasteiger partial charge < -0.3 is 10.1 Å². The number of sulfonamides is 1. The number of hydrogen-bond donors (Lipinski definition) is 1. The number of hydrogen-bond acceptors (Lipinski definition) is 4. The smallest absolute Gasteiger partial charge is 0.244 e. The van der Waals surface area contributed by atoms with Crippen LogP contribution in [0.25, 0.3) is 0 Å². The zero-order valence-electron chi connectivity index (χ0n) is 19.5. The van der Waals surface area contributed by atoms with E-state index in [1.165, 1.54) is 9.87 Å². The second kappa shape index (κ2) is 9.73. The standard InChI is InChI=1S/C24H34N2O4S/c1-8-22(26(31(7,28)29)20-13-15-21(30-6)16-14-20)23(27)25-17(2)18-9-11-19(12-10-18)24(3,4)5/h9-17,22H,8H2,1-7H3,(H,25,27). The molecule has 2 aromatic rings. The number of carbonyl (C=O) groups excluding carboxylic acids is 1. The summed E-state index contributed by atoms with van der Waals surface area (Å²) >= 11 is 0. The Labute approximate surface area is 186 Å². The van der Waals surface area contributed by atoms with Gasteiger partial charge in [0.25, 0.3) is 0 Å². The summed E-state index contributed by atoms with van der Waals surface area (Å²) in [5.74, 6) is 0.276. The van der Waals surface area contributed by atoms with Crippen LogP contribution < -0.4 is 14.4 Å². The average molecular weight is 447 g/mol. The number of nitrogens with zero attached hydrogens (tertiary/aromatic N) is 1. The van der Waals surface area contributed by atoms with Gasteiger partial charge in [-0.05, 0) is 54.2 Å². The molecule has 2 rings (SSSR count). The van der Waals surface area contributed by atoms with Gasteiger partial charge in [-0.1, -0.05) is 52.0 Å². The van der Waals surface area contributed by atoms with Gasteiger partial charge in [0.15, 0.2) is 0 Å². The fraction of sp³-hybridized carbons (Fsp3) is 0.458. The van der Waals surface area contributed by atoms with Gasteiger partial charge in [0.2, 0.25) is 15.9 Å². The summed E-state index contributed by atoms with van der Waals surface area (Å²) in [5.41, 5.74) is 2.65. The van der Waals surface area contributed by atoms with Crippen LogP contribution in [0.5, 0.6) is 5.75 Å². The van der Waals surface area contributed by atoms with Gasteiger partial charge in [0.1, 0.15) is 11.8 Å². The third-order valence-electron chi connectivity index (χ3n) is 5.29. The minimum atomic E-state index is -3.68. The van der Waals surface area contributed by atoms with Crippen LogP contribution in [0.15, 0.2) is 48.5 Å². The van der Waals surface area contributed by atoms with Crippen molar-refractivity contribution in [3.05, 3.63) is 59.7 Å². The Kier molecular flexibility index (Phi) is 7.76. The van der Waals surface area contributed by atoms with E-state index in [4.69, 9.17) is 4.74 Å². The molecule has 170 valence electrons. The summed E-state index contributed by atoms with van der Waals surface area (Å²) in [6.07, 6.45) is 1.45. The van der Waals surface area contributed by atoms with E-state index in [0.29, 0.717) is 17.9 Å². The van der Waals surface area contributed by atoms with Crippen LogP contribution in [-0.4, -0.2) is 33.7 Å². The number of ether oxygens (including phenoxy) is 1. The summed E-state index contributed by atoms with van der Waals surface area (Å²) in [5, 5.41) is 2.98. The van der Waals surface area contributed by atoms with Crippen LogP contribution in [0, 0.1) is 0 Å². The van der Waals surface area contributed by atoms with Gasteiger partial charge in [-0.15, -0.1) is 0 Å². The Morgan fingerprint density at radius 1 is 1.06 bits per heavy atom. The van der Waals surface area contributed by atoms with Gasteiger partial charge >= 0.3 is 0 Å². The first-order valence-corrected chi connectivity index (χ1v) is 12.3. The van der Waals surface area contributed by atoms with Gasteiger partial charge in [-0.2, -0.15) is 0 Å². The van der Waals surface area contributed by atoms with Crippen LogP contribution in [-0.2, 0) is 20.2 Å². The number of benzene rings is 2. The molecular formula is C24H34N2O4S. The second-order valence-corrected chi connectivity index (χ2v) is 10.6. The monoisotopic (exact) mass is 446 g/mol. The molecule has 0 saturated heterocycles. The largest absolute Gasteiger partial charge is 0.497 e. The van der Waals surface area contributed by atoms with Crippen molar-refractivity contribution >= 4 is 21.6 Å². The predicted molar refractivity (Wildman–Crippen MR) is 126 cm³/mol. The highest BCUT2D eigenvalue weighted by Gasteiger charge is 2.32. The first kappa shape index (κ1) is 24.7. The fourth-order valence-corrected chi connectivity index (χ4v) is 4.67. The molecule has 31 heavy (non-hydrogen) atoms. The molecule has 0 aliphatic rings. The average Bonchev–Trinajstić information content (AvgIpc) is 2.70. The molecule has 0 saturated carbocycles. The molecular weight excluding hydrogens is 412 g/mol. The highest BCUT2D eigenvalue weighted by atomic mass is 32.2.